The fourth-order valence-corrected chi connectivity index (χ4v) is 20.7. The molecule has 2 aliphatic heterocycles. The third-order valence-corrected chi connectivity index (χ3v) is 27.4. The summed E-state index contributed by atoms with van der Waals surface area (Å²) in [6, 6.07) is 23.2. The number of amides is 4. The average Bonchev–Trinajstić information content (AvgIpc) is 1.66. The molecule has 127 heavy (non-hydrogen) atoms. The maximum absolute atomic E-state index is 13.9. The van der Waals surface area contributed by atoms with Gasteiger partial charge in [-0.25, -0.2) is 45.5 Å². The minimum atomic E-state index is -4.12. The number of carbonyl (C=O) groups excluding carboxylic acids is 6. The van der Waals surface area contributed by atoms with Gasteiger partial charge in [0.05, 0.1) is 137 Å². The standard InChI is InChI=1S/C85H110N14O24S4/c1-84(2)76(96(58-124-84)126(112,113)66-12-5-26-86-54-66)70(100)52-62(80(106)107)50-60-16-20-64(21-17-60)98-78-68(14-7-28-92-78)94(82(98)110)56-74(104)90-32-40-122-48-46-120-38-24-72(102)88-30-9-34-116-42-44-118-36-11-37-119-45-43-117-35-10-31-89-73(103)25-39-121-47-49-123-41-33-91-75(105)57-95-69-15-8-29-93-79(69)99(83(95)111)65-22-18-61(19-23-65)51-63(81(108)109)53-71(101)77-85(3,4)125-59-97(77)127(114,115)67-13-6-27-87-55-67/h5-8,12-23,26-29,54-55,62-63,76-77H,9-11,24-25,30-53,56-59H2,1-4H3,(H,88,102)(H,89,103)(H,90,104)(H,91,105)(H,106,107)(H,108,109)/t62-,63-,76?,77?/m1/s1. The lowest BCUT2D eigenvalue weighted by Crippen LogP contribution is -2.49. The maximum Gasteiger partial charge on any atom is 0.335 e. The number of carboxylic acids is 2. The molecule has 0 saturated carbocycles. The summed E-state index contributed by atoms with van der Waals surface area (Å²) < 4.78 is 105. The van der Waals surface area contributed by atoms with Gasteiger partial charge in [0.1, 0.15) is 22.9 Å². The van der Waals surface area contributed by atoms with Crippen molar-refractivity contribution in [3.63, 3.8) is 0 Å². The number of rotatable bonds is 58. The molecule has 2 aromatic carbocycles. The molecule has 42 heteroatoms. The summed E-state index contributed by atoms with van der Waals surface area (Å²) in [4.78, 5) is 148. The van der Waals surface area contributed by atoms with Gasteiger partial charge in [0.15, 0.2) is 22.9 Å². The van der Waals surface area contributed by atoms with Gasteiger partial charge in [-0.1, -0.05) is 24.3 Å². The summed E-state index contributed by atoms with van der Waals surface area (Å²) in [6.45, 7) is 12.7. The molecule has 2 unspecified atom stereocenters. The third kappa shape index (κ3) is 28.5. The smallest absolute Gasteiger partial charge is 0.335 e. The van der Waals surface area contributed by atoms with E-state index < -0.39 is 113 Å². The van der Waals surface area contributed by atoms with E-state index >= 15 is 0 Å². The number of pyridine rings is 4. The first-order valence-electron chi connectivity index (χ1n) is 41.7. The predicted octanol–water partition coefficient (Wildman–Crippen LogP) is 4.22. The van der Waals surface area contributed by atoms with E-state index in [2.05, 4.69) is 41.2 Å². The number of benzene rings is 2. The molecule has 0 aliphatic carbocycles. The molecule has 0 bridgehead atoms. The fourth-order valence-electron chi connectivity index (χ4n) is 14.3. The number of carbonyl (C=O) groups is 8. The van der Waals surface area contributed by atoms with Crippen molar-refractivity contribution in [3.05, 3.63) is 166 Å². The molecule has 2 fully saturated rings. The molecule has 4 atom stereocenters. The number of carboxylic acid groups (broad SMARTS) is 2. The molecule has 688 valence electrons. The largest absolute Gasteiger partial charge is 0.481 e. The average molecular weight is 1840 g/mol. The van der Waals surface area contributed by atoms with E-state index in [0.29, 0.717) is 119 Å². The topological polar surface area (TPSA) is 479 Å². The van der Waals surface area contributed by atoms with Crippen LogP contribution in [-0.2, 0) is 122 Å². The Kier molecular flexibility index (Phi) is 38.2. The van der Waals surface area contributed by atoms with E-state index in [-0.39, 0.29) is 149 Å². The molecule has 4 amide bonds. The first kappa shape index (κ1) is 99.1. The zero-order valence-electron chi connectivity index (χ0n) is 71.3. The molecule has 10 rings (SSSR count). The van der Waals surface area contributed by atoms with Gasteiger partial charge in [0.2, 0.25) is 43.7 Å². The summed E-state index contributed by atoms with van der Waals surface area (Å²) in [7, 11) is -8.24. The Balaban J connectivity index is 0.477. The van der Waals surface area contributed by atoms with Crippen LogP contribution in [0.5, 0.6) is 0 Å². The second kappa shape index (κ2) is 48.9. The molecule has 38 nitrogen and oxygen atoms in total. The number of ether oxygens (including phenoxy) is 8. The molecule has 8 aromatic rings. The van der Waals surface area contributed by atoms with E-state index in [1.54, 1.807) is 100 Å². The van der Waals surface area contributed by atoms with E-state index in [1.165, 1.54) is 103 Å². The Morgan fingerprint density at radius 3 is 1.13 bits per heavy atom. The zero-order valence-corrected chi connectivity index (χ0v) is 74.6. The normalized spacial score (nSPS) is 15.7. The maximum atomic E-state index is 13.9. The molecule has 6 aromatic heterocycles. The quantitative estimate of drug-likeness (QED) is 0.0291. The Labute approximate surface area is 743 Å². The Bertz CT molecular complexity index is 5030. The van der Waals surface area contributed by atoms with Crippen molar-refractivity contribution in [3.8, 4) is 11.4 Å². The van der Waals surface area contributed by atoms with Crippen LogP contribution in [0, 0.1) is 11.8 Å². The van der Waals surface area contributed by atoms with Gasteiger partial charge in [-0.15, -0.1) is 23.5 Å². The highest BCUT2D eigenvalue weighted by Gasteiger charge is 2.53. The number of aliphatic carboxylic acids is 2. The number of imidazole rings is 2. The number of sulfonamides is 2. The first-order chi connectivity index (χ1) is 61.1. The van der Waals surface area contributed by atoms with Gasteiger partial charge in [-0.2, -0.15) is 8.61 Å². The lowest BCUT2D eigenvalue weighted by molar-refractivity contribution is -0.144. The number of aromatic nitrogens is 8. The SMILES string of the molecule is CC1(C)SCN(S(=O)(=O)c2cccnc2)C1C(=O)C[C@@H](Cc1ccc(-n2c(=O)n(CC(=O)NCCOCCOCCC(=O)NCCCOCCOCCCOCCOCCCNC(=O)CCOCCOCCNC(=O)Cn3c(=O)n(-c4ccc(C[C@H](CC(=O)C5N(S(=O)(=O)c6cccnc6)CSC5(C)C)C(=O)O)cc4)c4ncccc43)c3cccnc32)cc1)C(=O)O. The number of fused-ring (bicyclic) bond motifs is 2. The number of nitrogens with zero attached hydrogens (tertiary/aromatic N) is 10. The molecule has 2 aliphatic rings. The summed E-state index contributed by atoms with van der Waals surface area (Å²) in [6.07, 6.45) is 9.62. The minimum absolute atomic E-state index is 0.0100. The van der Waals surface area contributed by atoms with Crippen molar-refractivity contribution in [2.24, 2.45) is 11.8 Å². The molecular weight excluding hydrogens is 1730 g/mol. The number of thioether (sulfide) groups is 2. The van der Waals surface area contributed by atoms with Gasteiger partial charge in [0, 0.05) is 125 Å². The van der Waals surface area contributed by atoms with Gasteiger partial charge in [0.25, 0.3) is 0 Å². The Morgan fingerprint density at radius 1 is 0.433 bits per heavy atom. The molecule has 0 radical (unpaired) electrons. The first-order valence-corrected chi connectivity index (χ1v) is 46.5. The van der Waals surface area contributed by atoms with Crippen LogP contribution in [0.15, 0.2) is 154 Å². The van der Waals surface area contributed by atoms with Crippen molar-refractivity contribution in [1.82, 2.24) is 68.1 Å². The number of hydrogen-bond acceptors (Lipinski definition) is 28. The summed E-state index contributed by atoms with van der Waals surface area (Å²) in [5.41, 5.74) is 2.20. The summed E-state index contributed by atoms with van der Waals surface area (Å²) in [5.74, 6) is -7.07. The fraction of sp³-hybridized carbons (Fsp3) is 0.506. The van der Waals surface area contributed by atoms with Gasteiger partial charge in [-0.05, 0) is 144 Å². The van der Waals surface area contributed by atoms with Crippen LogP contribution in [0.3, 0.4) is 0 Å². The van der Waals surface area contributed by atoms with Crippen LogP contribution in [0.1, 0.15) is 83.8 Å². The molecule has 8 heterocycles. The minimum Gasteiger partial charge on any atom is -0.481 e. The highest BCUT2D eigenvalue weighted by atomic mass is 32.2. The van der Waals surface area contributed by atoms with E-state index in [9.17, 15) is 75.0 Å². The number of Topliss-reactive ketones (excluding diaryl/α,β-unsaturated/α-hetero) is 2. The van der Waals surface area contributed by atoms with E-state index in [1.807, 2.05) is 0 Å². The van der Waals surface area contributed by atoms with Crippen molar-refractivity contribution < 1.29 is 103 Å². The van der Waals surface area contributed by atoms with Gasteiger partial charge >= 0.3 is 23.3 Å². The summed E-state index contributed by atoms with van der Waals surface area (Å²) >= 11 is 2.58. The van der Waals surface area contributed by atoms with Crippen LogP contribution in [0.4, 0.5) is 0 Å². The number of ketones is 2. The van der Waals surface area contributed by atoms with Gasteiger partial charge < -0.3 is 69.4 Å². The van der Waals surface area contributed by atoms with Crippen LogP contribution in [-0.4, -0.2) is 286 Å². The van der Waals surface area contributed by atoms with Crippen molar-refractivity contribution >= 4 is 113 Å². The highest BCUT2D eigenvalue weighted by Crippen LogP contribution is 2.45. The third-order valence-electron chi connectivity index (χ3n) is 20.8. The number of nitrogens with one attached hydrogen (secondary N) is 4. The lowest BCUT2D eigenvalue weighted by Gasteiger charge is -2.30. The number of hydrogen-bond donors (Lipinski definition) is 6. The highest BCUT2D eigenvalue weighted by molar-refractivity contribution is 8.02. The van der Waals surface area contributed by atoms with Crippen LogP contribution >= 0.6 is 23.5 Å². The van der Waals surface area contributed by atoms with Crippen molar-refractivity contribution in [2.45, 2.75) is 130 Å². The van der Waals surface area contributed by atoms with Crippen LogP contribution in [0.25, 0.3) is 33.7 Å². The van der Waals surface area contributed by atoms with Gasteiger partial charge in [-0.3, -0.25) is 57.5 Å². The molecule has 0 spiro atoms. The van der Waals surface area contributed by atoms with Crippen LogP contribution < -0.4 is 32.6 Å². The zero-order chi connectivity index (χ0) is 90.9. The Morgan fingerprint density at radius 2 is 0.772 bits per heavy atom. The van der Waals surface area contributed by atoms with E-state index in [4.69, 9.17) is 37.9 Å². The predicted molar refractivity (Wildman–Crippen MR) is 468 cm³/mol. The van der Waals surface area contributed by atoms with Crippen molar-refractivity contribution in [1.29, 1.82) is 0 Å². The molecular formula is C85H110N14O24S4. The Hall–Kier alpha value is -10.1. The van der Waals surface area contributed by atoms with E-state index in [0.717, 1.165) is 8.61 Å². The second-order valence-electron chi connectivity index (χ2n) is 30.8. The van der Waals surface area contributed by atoms with Crippen molar-refractivity contribution in [2.75, 3.05) is 144 Å². The molecule has 2 saturated heterocycles. The summed E-state index contributed by atoms with van der Waals surface area (Å²) in [5, 5.41) is 31.7. The molecule has 6 N–H and O–H groups in total. The second-order valence-corrected chi connectivity index (χ2v) is 37.8. The van der Waals surface area contributed by atoms with Crippen LogP contribution in [0.2, 0.25) is 0 Å². The lowest BCUT2D eigenvalue weighted by atomic mass is 9.88. The monoisotopic (exact) mass is 1840 g/mol.